The van der Waals surface area contributed by atoms with E-state index in [1.807, 2.05) is 5.32 Å². The van der Waals surface area contributed by atoms with E-state index in [4.69, 9.17) is 11.6 Å². The van der Waals surface area contributed by atoms with Gasteiger partial charge in [0.2, 0.25) is 11.8 Å². The number of amides is 2. The van der Waals surface area contributed by atoms with Gasteiger partial charge in [0.05, 0.1) is 5.92 Å². The molecule has 2 unspecified atom stereocenters. The van der Waals surface area contributed by atoms with E-state index in [1.54, 1.807) is 0 Å². The molecular formula is C10H5ClF3NO2. The molecular weight excluding hydrogens is 259 g/mol. The molecule has 1 heterocycles. The number of benzene rings is 1. The van der Waals surface area contributed by atoms with E-state index < -0.39 is 40.6 Å². The Bertz CT molecular complexity index is 497. The number of hydrogen-bond acceptors (Lipinski definition) is 2. The summed E-state index contributed by atoms with van der Waals surface area (Å²) < 4.78 is 38.7. The van der Waals surface area contributed by atoms with Gasteiger partial charge >= 0.3 is 0 Å². The maximum atomic E-state index is 13.0. The van der Waals surface area contributed by atoms with Crippen molar-refractivity contribution in [2.24, 2.45) is 0 Å². The Balaban J connectivity index is 2.48. The lowest BCUT2D eigenvalue weighted by atomic mass is 9.97. The van der Waals surface area contributed by atoms with Crippen LogP contribution in [0.4, 0.5) is 13.2 Å². The summed E-state index contributed by atoms with van der Waals surface area (Å²) in [5.74, 6) is -7.22. The zero-order chi connectivity index (χ0) is 12.7. The van der Waals surface area contributed by atoms with Gasteiger partial charge in [-0.15, -0.1) is 11.6 Å². The van der Waals surface area contributed by atoms with Crippen LogP contribution in [-0.2, 0) is 9.59 Å². The molecule has 17 heavy (non-hydrogen) atoms. The highest BCUT2D eigenvalue weighted by Crippen LogP contribution is 2.30. The van der Waals surface area contributed by atoms with Crippen molar-refractivity contribution in [1.29, 1.82) is 0 Å². The van der Waals surface area contributed by atoms with Crippen LogP contribution in [0.1, 0.15) is 11.5 Å². The van der Waals surface area contributed by atoms with Crippen LogP contribution in [0.2, 0.25) is 0 Å². The normalized spacial score (nSPS) is 24.0. The van der Waals surface area contributed by atoms with Gasteiger partial charge in [-0.2, -0.15) is 0 Å². The fourth-order valence-corrected chi connectivity index (χ4v) is 1.94. The standard InChI is InChI=1S/C10H5ClF3NO2/c11-7-6(9(16)15-10(7)17)3-1-4(12)8(14)5(13)2-3/h1-2,6-7H,(H,15,16,17). The van der Waals surface area contributed by atoms with Crippen LogP contribution in [0.15, 0.2) is 12.1 Å². The molecule has 1 aromatic rings. The molecule has 3 nitrogen and oxygen atoms in total. The zero-order valence-corrected chi connectivity index (χ0v) is 8.89. The third-order valence-electron chi connectivity index (χ3n) is 2.44. The average Bonchev–Trinajstić information content (AvgIpc) is 2.49. The van der Waals surface area contributed by atoms with E-state index in [1.165, 1.54) is 0 Å². The Morgan fingerprint density at radius 1 is 1.06 bits per heavy atom. The highest BCUT2D eigenvalue weighted by molar-refractivity contribution is 6.37. The molecule has 0 radical (unpaired) electrons. The van der Waals surface area contributed by atoms with Crippen LogP contribution in [0.5, 0.6) is 0 Å². The largest absolute Gasteiger partial charge is 0.295 e. The Morgan fingerprint density at radius 3 is 2.00 bits per heavy atom. The molecule has 2 amide bonds. The molecule has 90 valence electrons. The van der Waals surface area contributed by atoms with Gasteiger partial charge in [-0.1, -0.05) is 0 Å². The number of carbonyl (C=O) groups excluding carboxylic acids is 2. The minimum Gasteiger partial charge on any atom is -0.295 e. The number of carbonyl (C=O) groups is 2. The molecule has 1 fully saturated rings. The highest BCUT2D eigenvalue weighted by Gasteiger charge is 2.42. The molecule has 2 atom stereocenters. The summed E-state index contributed by atoms with van der Waals surface area (Å²) in [5, 5.41) is 0.663. The van der Waals surface area contributed by atoms with Crippen molar-refractivity contribution in [1.82, 2.24) is 5.32 Å². The van der Waals surface area contributed by atoms with Gasteiger partial charge in [0.25, 0.3) is 0 Å². The van der Waals surface area contributed by atoms with Gasteiger partial charge in [0.15, 0.2) is 17.5 Å². The Morgan fingerprint density at radius 2 is 1.59 bits per heavy atom. The van der Waals surface area contributed by atoms with Gasteiger partial charge in [-0.3, -0.25) is 14.9 Å². The van der Waals surface area contributed by atoms with Gasteiger partial charge in [-0.05, 0) is 17.7 Å². The third-order valence-corrected chi connectivity index (χ3v) is 2.89. The molecule has 7 heteroatoms. The Kier molecular flexibility index (Phi) is 2.82. The quantitative estimate of drug-likeness (QED) is 0.474. The monoisotopic (exact) mass is 263 g/mol. The van der Waals surface area contributed by atoms with Crippen LogP contribution >= 0.6 is 11.6 Å². The van der Waals surface area contributed by atoms with E-state index in [9.17, 15) is 22.8 Å². The molecule has 0 bridgehead atoms. The maximum Gasteiger partial charge on any atom is 0.245 e. The number of alkyl halides is 1. The van der Waals surface area contributed by atoms with Crippen molar-refractivity contribution in [2.75, 3.05) is 0 Å². The number of nitrogens with one attached hydrogen (secondary N) is 1. The molecule has 0 aromatic heterocycles. The Hall–Kier alpha value is -1.56. The molecule has 1 aromatic carbocycles. The second-order valence-corrected chi connectivity index (χ2v) is 4.00. The van der Waals surface area contributed by atoms with Crippen molar-refractivity contribution in [3.05, 3.63) is 35.1 Å². The topological polar surface area (TPSA) is 46.2 Å². The van der Waals surface area contributed by atoms with Crippen LogP contribution < -0.4 is 5.32 Å². The summed E-state index contributed by atoms with van der Waals surface area (Å²) in [6.07, 6.45) is 0. The lowest BCUT2D eigenvalue weighted by Crippen LogP contribution is -2.22. The second-order valence-electron chi connectivity index (χ2n) is 3.53. The molecule has 2 rings (SSSR count). The maximum absolute atomic E-state index is 13.0. The van der Waals surface area contributed by atoms with Gasteiger partial charge in [0, 0.05) is 0 Å². The smallest absolute Gasteiger partial charge is 0.245 e. The predicted octanol–water partition coefficient (Wildman–Crippen LogP) is 1.45. The summed E-state index contributed by atoms with van der Waals surface area (Å²) >= 11 is 5.63. The summed E-state index contributed by atoms with van der Waals surface area (Å²) in [7, 11) is 0. The van der Waals surface area contributed by atoms with Crippen molar-refractivity contribution in [3.63, 3.8) is 0 Å². The number of imide groups is 1. The van der Waals surface area contributed by atoms with Crippen LogP contribution in [0.3, 0.4) is 0 Å². The first kappa shape index (κ1) is 11.9. The van der Waals surface area contributed by atoms with Crippen molar-refractivity contribution < 1.29 is 22.8 Å². The number of rotatable bonds is 1. The molecule has 1 aliphatic rings. The van der Waals surface area contributed by atoms with Crippen molar-refractivity contribution in [3.8, 4) is 0 Å². The summed E-state index contributed by atoms with van der Waals surface area (Å²) in [5.41, 5.74) is -0.176. The van der Waals surface area contributed by atoms with Crippen LogP contribution in [0, 0.1) is 17.5 Å². The SMILES string of the molecule is O=C1NC(=O)C(c2cc(F)c(F)c(F)c2)C1Cl. The molecule has 1 N–H and O–H groups in total. The lowest BCUT2D eigenvalue weighted by molar-refractivity contribution is -0.125. The van der Waals surface area contributed by atoms with Crippen LogP contribution in [0.25, 0.3) is 0 Å². The second kappa shape index (κ2) is 4.03. The van der Waals surface area contributed by atoms with Crippen LogP contribution in [-0.4, -0.2) is 17.2 Å². The molecule has 0 aliphatic carbocycles. The van der Waals surface area contributed by atoms with Gasteiger partial charge < -0.3 is 0 Å². The molecule has 1 aliphatic heterocycles. The van der Waals surface area contributed by atoms with Crippen molar-refractivity contribution >= 4 is 23.4 Å². The summed E-state index contributed by atoms with van der Waals surface area (Å²) in [6.45, 7) is 0. The fourth-order valence-electron chi connectivity index (χ4n) is 1.63. The summed E-state index contributed by atoms with van der Waals surface area (Å²) in [4.78, 5) is 22.4. The van der Waals surface area contributed by atoms with E-state index >= 15 is 0 Å². The van der Waals surface area contributed by atoms with Gasteiger partial charge in [0.1, 0.15) is 5.38 Å². The predicted molar refractivity (Wildman–Crippen MR) is 51.8 cm³/mol. The zero-order valence-electron chi connectivity index (χ0n) is 8.14. The lowest BCUT2D eigenvalue weighted by Gasteiger charge is -2.10. The fraction of sp³-hybridized carbons (Fsp3) is 0.200. The molecule has 0 spiro atoms. The van der Waals surface area contributed by atoms with Crippen molar-refractivity contribution in [2.45, 2.75) is 11.3 Å². The molecule has 1 saturated heterocycles. The first-order chi connectivity index (χ1) is 7.91. The Labute approximate surface area is 98.6 Å². The summed E-state index contributed by atoms with van der Waals surface area (Å²) in [6, 6.07) is 1.30. The van der Waals surface area contributed by atoms with E-state index in [2.05, 4.69) is 0 Å². The first-order valence-electron chi connectivity index (χ1n) is 4.55. The first-order valence-corrected chi connectivity index (χ1v) is 4.98. The van der Waals surface area contributed by atoms with E-state index in [0.29, 0.717) is 12.1 Å². The average molecular weight is 264 g/mol. The highest BCUT2D eigenvalue weighted by atomic mass is 35.5. The molecule has 0 saturated carbocycles. The third kappa shape index (κ3) is 1.88. The van der Waals surface area contributed by atoms with Gasteiger partial charge in [-0.25, -0.2) is 13.2 Å². The van der Waals surface area contributed by atoms with E-state index in [0.717, 1.165) is 0 Å². The minimum atomic E-state index is -1.63. The minimum absolute atomic E-state index is 0.176. The number of hydrogen-bond donors (Lipinski definition) is 1. The van der Waals surface area contributed by atoms with E-state index in [-0.39, 0.29) is 5.56 Å². The number of halogens is 4.